The molecule has 5 nitrogen and oxygen atoms in total. The van der Waals surface area contributed by atoms with E-state index in [2.05, 4.69) is 5.32 Å². The molecule has 1 N–H and O–H groups in total. The van der Waals surface area contributed by atoms with Gasteiger partial charge in [0.2, 0.25) is 11.8 Å². The van der Waals surface area contributed by atoms with Gasteiger partial charge in [0.15, 0.2) is 0 Å². The van der Waals surface area contributed by atoms with Gasteiger partial charge in [0, 0.05) is 26.1 Å². The first kappa shape index (κ1) is 18.5. The minimum absolute atomic E-state index is 0.0149. The third-order valence-corrected chi connectivity index (χ3v) is 4.35. The Morgan fingerprint density at radius 2 is 2.08 bits per heavy atom. The van der Waals surface area contributed by atoms with E-state index in [9.17, 15) is 9.59 Å². The Balaban J connectivity index is 1.98. The SMILES string of the molecule is CCCC(=O)N(Cc1ccccc1)[C@@H](C)C(=O)NC[C@@H]1CCCO1. The number of carbonyl (C=O) groups is 2. The maximum absolute atomic E-state index is 12.5. The standard InChI is InChI=1S/C19H28N2O3/c1-3-8-18(22)21(14-16-9-5-4-6-10-16)15(2)19(23)20-13-17-11-7-12-24-17/h4-6,9-10,15,17H,3,7-8,11-14H2,1-2H3,(H,20,23)/t15-,17-/m0/s1. The van der Waals surface area contributed by atoms with E-state index in [4.69, 9.17) is 4.74 Å². The van der Waals surface area contributed by atoms with Crippen LogP contribution < -0.4 is 5.32 Å². The normalized spacial score (nSPS) is 18.2. The van der Waals surface area contributed by atoms with Crippen LogP contribution in [0, 0.1) is 0 Å². The highest BCUT2D eigenvalue weighted by Gasteiger charge is 2.26. The fourth-order valence-corrected chi connectivity index (χ4v) is 2.89. The first-order valence-electron chi connectivity index (χ1n) is 8.84. The molecule has 0 bridgehead atoms. The maximum atomic E-state index is 12.5. The van der Waals surface area contributed by atoms with Crippen LogP contribution in [0.5, 0.6) is 0 Å². The van der Waals surface area contributed by atoms with Gasteiger partial charge in [0.25, 0.3) is 0 Å². The van der Waals surface area contributed by atoms with Crippen LogP contribution in [-0.2, 0) is 20.9 Å². The monoisotopic (exact) mass is 332 g/mol. The summed E-state index contributed by atoms with van der Waals surface area (Å²) in [6.45, 7) is 5.51. The van der Waals surface area contributed by atoms with Gasteiger partial charge in [0.05, 0.1) is 6.10 Å². The molecule has 2 atom stereocenters. The van der Waals surface area contributed by atoms with Gasteiger partial charge in [-0.1, -0.05) is 37.3 Å². The number of rotatable bonds is 8. The van der Waals surface area contributed by atoms with Gasteiger partial charge in [-0.3, -0.25) is 9.59 Å². The van der Waals surface area contributed by atoms with Crippen molar-refractivity contribution < 1.29 is 14.3 Å². The Morgan fingerprint density at radius 1 is 1.33 bits per heavy atom. The second-order valence-electron chi connectivity index (χ2n) is 6.31. The predicted octanol–water partition coefficient (Wildman–Crippen LogP) is 2.50. The van der Waals surface area contributed by atoms with E-state index in [1.807, 2.05) is 37.3 Å². The molecule has 132 valence electrons. The minimum atomic E-state index is -0.495. The Hall–Kier alpha value is -1.88. The van der Waals surface area contributed by atoms with Crippen LogP contribution in [0.1, 0.15) is 45.1 Å². The molecule has 2 rings (SSSR count). The molecule has 0 aliphatic carbocycles. The number of ether oxygens (including phenoxy) is 1. The lowest BCUT2D eigenvalue weighted by molar-refractivity contribution is -0.140. The smallest absolute Gasteiger partial charge is 0.242 e. The lowest BCUT2D eigenvalue weighted by Crippen LogP contribution is -2.48. The van der Waals surface area contributed by atoms with Crippen molar-refractivity contribution in [2.75, 3.05) is 13.2 Å². The number of hydrogen-bond donors (Lipinski definition) is 1. The second-order valence-corrected chi connectivity index (χ2v) is 6.31. The van der Waals surface area contributed by atoms with Gasteiger partial charge in [-0.2, -0.15) is 0 Å². The van der Waals surface area contributed by atoms with Crippen molar-refractivity contribution in [2.45, 2.75) is 58.2 Å². The summed E-state index contributed by atoms with van der Waals surface area (Å²) < 4.78 is 5.53. The molecule has 1 saturated heterocycles. The van der Waals surface area contributed by atoms with E-state index in [0.29, 0.717) is 19.5 Å². The highest BCUT2D eigenvalue weighted by atomic mass is 16.5. The van der Waals surface area contributed by atoms with Crippen LogP contribution in [0.2, 0.25) is 0 Å². The molecular formula is C19H28N2O3. The van der Waals surface area contributed by atoms with Crippen molar-refractivity contribution in [1.29, 1.82) is 0 Å². The van der Waals surface area contributed by atoms with Crippen LogP contribution in [0.4, 0.5) is 0 Å². The van der Waals surface area contributed by atoms with Crippen LogP contribution in [0.25, 0.3) is 0 Å². The predicted molar refractivity (Wildman–Crippen MR) is 93.3 cm³/mol. The molecule has 0 spiro atoms. The average molecular weight is 332 g/mol. The first-order valence-corrected chi connectivity index (χ1v) is 8.84. The van der Waals surface area contributed by atoms with Gasteiger partial charge in [-0.15, -0.1) is 0 Å². The first-order chi connectivity index (χ1) is 11.6. The minimum Gasteiger partial charge on any atom is -0.376 e. The summed E-state index contributed by atoms with van der Waals surface area (Å²) in [6, 6.07) is 9.29. The van der Waals surface area contributed by atoms with Crippen LogP contribution in [-0.4, -0.2) is 42.0 Å². The van der Waals surface area contributed by atoms with E-state index in [1.165, 1.54) is 0 Å². The number of hydrogen-bond acceptors (Lipinski definition) is 3. The topological polar surface area (TPSA) is 58.6 Å². The molecule has 0 radical (unpaired) electrons. The largest absolute Gasteiger partial charge is 0.376 e. The molecule has 5 heteroatoms. The molecule has 1 aromatic carbocycles. The zero-order chi connectivity index (χ0) is 17.4. The van der Waals surface area contributed by atoms with E-state index in [0.717, 1.165) is 31.4 Å². The number of benzene rings is 1. The van der Waals surface area contributed by atoms with Crippen molar-refractivity contribution in [3.63, 3.8) is 0 Å². The number of nitrogens with zero attached hydrogens (tertiary/aromatic N) is 1. The summed E-state index contributed by atoms with van der Waals surface area (Å²) >= 11 is 0. The number of nitrogens with one attached hydrogen (secondary N) is 1. The van der Waals surface area contributed by atoms with Gasteiger partial charge >= 0.3 is 0 Å². The summed E-state index contributed by atoms with van der Waals surface area (Å²) in [7, 11) is 0. The molecule has 0 aromatic heterocycles. The van der Waals surface area contributed by atoms with E-state index in [1.54, 1.807) is 11.8 Å². The molecule has 2 amide bonds. The Morgan fingerprint density at radius 3 is 2.71 bits per heavy atom. The molecule has 1 aliphatic rings. The molecule has 0 unspecified atom stereocenters. The zero-order valence-electron chi connectivity index (χ0n) is 14.7. The summed E-state index contributed by atoms with van der Waals surface area (Å²) in [5.74, 6) is -0.105. The van der Waals surface area contributed by atoms with Crippen molar-refractivity contribution in [3.05, 3.63) is 35.9 Å². The van der Waals surface area contributed by atoms with Gasteiger partial charge in [-0.25, -0.2) is 0 Å². The molecule has 1 aromatic rings. The van der Waals surface area contributed by atoms with Crippen molar-refractivity contribution in [2.24, 2.45) is 0 Å². The van der Waals surface area contributed by atoms with Crippen LogP contribution >= 0.6 is 0 Å². The second kappa shape index (κ2) is 9.42. The third kappa shape index (κ3) is 5.34. The summed E-state index contributed by atoms with van der Waals surface area (Å²) in [4.78, 5) is 26.6. The molecule has 1 heterocycles. The highest BCUT2D eigenvalue weighted by Crippen LogP contribution is 2.13. The summed E-state index contributed by atoms with van der Waals surface area (Å²) in [6.07, 6.45) is 3.36. The molecule has 1 fully saturated rings. The number of carbonyl (C=O) groups excluding carboxylic acids is 2. The highest BCUT2D eigenvalue weighted by molar-refractivity contribution is 5.87. The van der Waals surface area contributed by atoms with E-state index >= 15 is 0 Å². The van der Waals surface area contributed by atoms with Crippen molar-refractivity contribution in [1.82, 2.24) is 10.2 Å². The molecule has 1 aliphatic heterocycles. The summed E-state index contributed by atoms with van der Waals surface area (Å²) in [5, 5.41) is 2.93. The Bertz CT molecular complexity index is 527. The van der Waals surface area contributed by atoms with E-state index < -0.39 is 6.04 Å². The molecule has 24 heavy (non-hydrogen) atoms. The fraction of sp³-hybridized carbons (Fsp3) is 0.579. The number of amides is 2. The summed E-state index contributed by atoms with van der Waals surface area (Å²) in [5.41, 5.74) is 1.03. The lowest BCUT2D eigenvalue weighted by Gasteiger charge is -2.29. The van der Waals surface area contributed by atoms with Crippen LogP contribution in [0.15, 0.2) is 30.3 Å². The Kier molecular flexibility index (Phi) is 7.25. The maximum Gasteiger partial charge on any atom is 0.242 e. The Labute approximate surface area is 144 Å². The third-order valence-electron chi connectivity index (χ3n) is 4.35. The molecule has 0 saturated carbocycles. The van der Waals surface area contributed by atoms with Crippen molar-refractivity contribution >= 4 is 11.8 Å². The van der Waals surface area contributed by atoms with E-state index in [-0.39, 0.29) is 17.9 Å². The fourth-order valence-electron chi connectivity index (χ4n) is 2.89. The van der Waals surface area contributed by atoms with Gasteiger partial charge in [-0.05, 0) is 31.7 Å². The quantitative estimate of drug-likeness (QED) is 0.796. The molecular weight excluding hydrogens is 304 g/mol. The van der Waals surface area contributed by atoms with Gasteiger partial charge in [0.1, 0.15) is 6.04 Å². The van der Waals surface area contributed by atoms with Crippen molar-refractivity contribution in [3.8, 4) is 0 Å². The average Bonchev–Trinajstić information content (AvgIpc) is 3.11. The zero-order valence-corrected chi connectivity index (χ0v) is 14.7. The van der Waals surface area contributed by atoms with Crippen LogP contribution in [0.3, 0.4) is 0 Å². The lowest BCUT2D eigenvalue weighted by atomic mass is 10.1. The van der Waals surface area contributed by atoms with Gasteiger partial charge < -0.3 is 15.0 Å².